The van der Waals surface area contributed by atoms with E-state index >= 15 is 0 Å². The molecule has 0 unspecified atom stereocenters. The monoisotopic (exact) mass is 653 g/mol. The van der Waals surface area contributed by atoms with E-state index in [1.54, 1.807) is 0 Å². The predicted molar refractivity (Wildman–Crippen MR) is 213 cm³/mol. The summed E-state index contributed by atoms with van der Waals surface area (Å²) >= 11 is 1.85. The van der Waals surface area contributed by atoms with Crippen molar-refractivity contribution in [1.82, 2.24) is 14.5 Å². The lowest BCUT2D eigenvalue weighted by Gasteiger charge is -2.12. The standard InChI is InChI=1S/C46H27N3S/c1-2-11-28(12-3-1)34-18-10-20-40-44(34)38-24-30-14-4-6-15-31(30)26-41(38)49(40)46-47-39-19-9-8-17-35(39)45(48-46)33-21-22-42-36(25-33)37-23-29-13-5-7-16-32(29)27-43(37)50-42/h1-27H. The predicted octanol–water partition coefficient (Wildman–Crippen LogP) is 12.7. The van der Waals surface area contributed by atoms with Crippen molar-refractivity contribution in [1.29, 1.82) is 0 Å². The van der Waals surface area contributed by atoms with Crippen LogP contribution in [0.5, 0.6) is 0 Å². The second kappa shape index (κ2) is 10.6. The Bertz CT molecular complexity index is 3150. The molecule has 3 aromatic heterocycles. The second-order valence-corrected chi connectivity index (χ2v) is 14.1. The third kappa shape index (κ3) is 4.09. The average molecular weight is 654 g/mol. The highest BCUT2D eigenvalue weighted by molar-refractivity contribution is 7.25. The highest BCUT2D eigenvalue weighted by Crippen LogP contribution is 2.42. The van der Waals surface area contributed by atoms with Crippen LogP contribution in [0.1, 0.15) is 0 Å². The lowest BCUT2D eigenvalue weighted by molar-refractivity contribution is 1.01. The zero-order valence-electron chi connectivity index (χ0n) is 26.8. The van der Waals surface area contributed by atoms with Gasteiger partial charge in [-0.15, -0.1) is 11.3 Å². The molecule has 50 heavy (non-hydrogen) atoms. The number of aromatic nitrogens is 3. The first-order valence-electron chi connectivity index (χ1n) is 16.9. The van der Waals surface area contributed by atoms with Gasteiger partial charge < -0.3 is 0 Å². The summed E-state index contributed by atoms with van der Waals surface area (Å²) in [7, 11) is 0. The molecule has 0 atom stereocenters. The van der Waals surface area contributed by atoms with Crippen molar-refractivity contribution in [3.8, 4) is 28.3 Å². The summed E-state index contributed by atoms with van der Waals surface area (Å²) in [5.41, 5.74) is 7.51. The van der Waals surface area contributed by atoms with Crippen molar-refractivity contribution >= 4 is 85.8 Å². The summed E-state index contributed by atoms with van der Waals surface area (Å²) in [6.45, 7) is 0. The van der Waals surface area contributed by atoms with Crippen molar-refractivity contribution < 1.29 is 0 Å². The van der Waals surface area contributed by atoms with E-state index in [0.717, 1.165) is 33.2 Å². The molecule has 0 radical (unpaired) electrons. The Morgan fingerprint density at radius 1 is 0.420 bits per heavy atom. The minimum Gasteiger partial charge on any atom is -0.278 e. The van der Waals surface area contributed by atoms with Gasteiger partial charge in [0.05, 0.1) is 22.2 Å². The highest BCUT2D eigenvalue weighted by atomic mass is 32.1. The molecular weight excluding hydrogens is 627 g/mol. The molecule has 0 saturated carbocycles. The summed E-state index contributed by atoms with van der Waals surface area (Å²) in [5.74, 6) is 0.667. The maximum absolute atomic E-state index is 5.47. The van der Waals surface area contributed by atoms with Crippen molar-refractivity contribution in [3.63, 3.8) is 0 Å². The zero-order valence-corrected chi connectivity index (χ0v) is 27.7. The summed E-state index contributed by atoms with van der Waals surface area (Å²) in [4.78, 5) is 10.7. The van der Waals surface area contributed by atoms with Gasteiger partial charge in [0.25, 0.3) is 0 Å². The molecule has 3 heterocycles. The minimum absolute atomic E-state index is 0.667. The molecule has 8 aromatic carbocycles. The van der Waals surface area contributed by atoms with Gasteiger partial charge in [0, 0.05) is 41.9 Å². The molecule has 0 saturated heterocycles. The van der Waals surface area contributed by atoms with E-state index in [9.17, 15) is 0 Å². The van der Waals surface area contributed by atoms with Crippen LogP contribution in [0.25, 0.3) is 103 Å². The van der Waals surface area contributed by atoms with Crippen LogP contribution in [-0.2, 0) is 0 Å². The fraction of sp³-hybridized carbons (Fsp3) is 0. The molecule has 0 N–H and O–H groups in total. The Labute approximate surface area is 291 Å². The molecule has 3 nitrogen and oxygen atoms in total. The number of hydrogen-bond donors (Lipinski definition) is 0. The Morgan fingerprint density at radius 2 is 1.10 bits per heavy atom. The molecule has 0 bridgehead atoms. The van der Waals surface area contributed by atoms with Gasteiger partial charge in [-0.25, -0.2) is 9.97 Å². The van der Waals surface area contributed by atoms with Gasteiger partial charge in [0.15, 0.2) is 0 Å². The van der Waals surface area contributed by atoms with E-state index in [2.05, 4.69) is 168 Å². The van der Waals surface area contributed by atoms with Crippen LogP contribution < -0.4 is 0 Å². The van der Waals surface area contributed by atoms with Crippen LogP contribution in [0.2, 0.25) is 0 Å². The summed E-state index contributed by atoms with van der Waals surface area (Å²) in [5, 5.41) is 10.9. The molecule has 232 valence electrons. The normalized spacial score (nSPS) is 12.0. The molecule has 0 spiro atoms. The summed E-state index contributed by atoms with van der Waals surface area (Å²) in [6, 6.07) is 59.0. The third-order valence-corrected chi connectivity index (χ3v) is 11.3. The van der Waals surface area contributed by atoms with E-state index < -0.39 is 0 Å². The number of benzene rings is 8. The summed E-state index contributed by atoms with van der Waals surface area (Å²) < 4.78 is 4.85. The van der Waals surface area contributed by atoms with Gasteiger partial charge in [-0.2, -0.15) is 0 Å². The van der Waals surface area contributed by atoms with Gasteiger partial charge in [0.1, 0.15) is 0 Å². The van der Waals surface area contributed by atoms with Crippen LogP contribution >= 0.6 is 11.3 Å². The Kier molecular flexibility index (Phi) is 5.83. The third-order valence-electron chi connectivity index (χ3n) is 10.1. The van der Waals surface area contributed by atoms with Gasteiger partial charge in [-0.3, -0.25) is 4.57 Å². The van der Waals surface area contributed by atoms with Gasteiger partial charge >= 0.3 is 0 Å². The molecule has 0 amide bonds. The van der Waals surface area contributed by atoms with E-state index in [0.29, 0.717) is 5.95 Å². The topological polar surface area (TPSA) is 30.7 Å². The van der Waals surface area contributed by atoms with Gasteiger partial charge in [-0.05, 0) is 81.2 Å². The van der Waals surface area contributed by atoms with Crippen molar-refractivity contribution in [3.05, 3.63) is 164 Å². The molecule has 0 aliphatic heterocycles. The quantitative estimate of drug-likeness (QED) is 0.190. The van der Waals surface area contributed by atoms with E-state index in [4.69, 9.17) is 9.97 Å². The lowest BCUT2D eigenvalue weighted by Crippen LogP contribution is -2.03. The molecule has 0 aliphatic rings. The SMILES string of the molecule is c1ccc(-c2cccc3c2c2cc4ccccc4cc2n3-c2nc(-c3ccc4sc5cc6ccccc6cc5c4c3)c3ccccc3n2)cc1. The zero-order chi connectivity index (χ0) is 32.8. The molecular formula is C46H27N3S. The first kappa shape index (κ1) is 27.6. The van der Waals surface area contributed by atoms with E-state index in [1.807, 2.05) is 11.3 Å². The fourth-order valence-corrected chi connectivity index (χ4v) is 8.94. The van der Waals surface area contributed by atoms with Crippen LogP contribution in [0.3, 0.4) is 0 Å². The second-order valence-electron chi connectivity index (χ2n) is 13.0. The van der Waals surface area contributed by atoms with Gasteiger partial charge in [-0.1, -0.05) is 115 Å². The van der Waals surface area contributed by atoms with Crippen molar-refractivity contribution in [2.45, 2.75) is 0 Å². The van der Waals surface area contributed by atoms with Gasteiger partial charge in [0.2, 0.25) is 5.95 Å². The highest BCUT2D eigenvalue weighted by Gasteiger charge is 2.20. The number of thiophene rings is 1. The largest absolute Gasteiger partial charge is 0.278 e. The number of nitrogens with zero attached hydrogens (tertiary/aromatic N) is 3. The number of hydrogen-bond acceptors (Lipinski definition) is 3. The lowest BCUT2D eigenvalue weighted by atomic mass is 9.98. The average Bonchev–Trinajstić information content (AvgIpc) is 3.70. The smallest absolute Gasteiger partial charge is 0.235 e. The molecule has 11 aromatic rings. The fourth-order valence-electron chi connectivity index (χ4n) is 7.82. The summed E-state index contributed by atoms with van der Waals surface area (Å²) in [6.07, 6.45) is 0. The van der Waals surface area contributed by atoms with Crippen LogP contribution in [0.4, 0.5) is 0 Å². The van der Waals surface area contributed by atoms with E-state index in [1.165, 1.54) is 63.6 Å². The minimum atomic E-state index is 0.667. The Morgan fingerprint density at radius 3 is 1.92 bits per heavy atom. The number of rotatable bonds is 3. The van der Waals surface area contributed by atoms with Crippen LogP contribution in [-0.4, -0.2) is 14.5 Å². The maximum atomic E-state index is 5.47. The molecule has 11 rings (SSSR count). The van der Waals surface area contributed by atoms with Crippen LogP contribution in [0.15, 0.2) is 164 Å². The van der Waals surface area contributed by atoms with Crippen LogP contribution in [0, 0.1) is 0 Å². The Balaban J connectivity index is 1.21. The van der Waals surface area contributed by atoms with E-state index in [-0.39, 0.29) is 0 Å². The first-order valence-corrected chi connectivity index (χ1v) is 17.7. The van der Waals surface area contributed by atoms with Crippen molar-refractivity contribution in [2.24, 2.45) is 0 Å². The van der Waals surface area contributed by atoms with Crippen molar-refractivity contribution in [2.75, 3.05) is 0 Å². The Hall–Kier alpha value is -6.36. The number of fused-ring (bicyclic) bond motifs is 9. The molecule has 0 aliphatic carbocycles. The number of para-hydroxylation sites is 1. The first-order chi connectivity index (χ1) is 24.8. The molecule has 4 heteroatoms. The maximum Gasteiger partial charge on any atom is 0.235 e. The molecule has 0 fully saturated rings.